The molecule has 0 bridgehead atoms. The highest BCUT2D eigenvalue weighted by atomic mass is 14.5. The second-order valence-corrected chi connectivity index (χ2v) is 6.99. The van der Waals surface area contributed by atoms with Gasteiger partial charge in [0.15, 0.2) is 0 Å². The molecule has 132 valence electrons. The minimum atomic E-state index is 0.721. The van der Waals surface area contributed by atoms with Crippen LogP contribution in [0.15, 0.2) is 11.6 Å². The number of allylic oxidation sites excluding steroid dienone is 1. The molecule has 0 aromatic carbocycles. The summed E-state index contributed by atoms with van der Waals surface area (Å²) in [6.07, 6.45) is 25.1. The van der Waals surface area contributed by atoms with Crippen molar-refractivity contribution in [2.45, 2.75) is 117 Å². The molecule has 0 rings (SSSR count). The summed E-state index contributed by atoms with van der Waals surface area (Å²) in [5, 5.41) is 0. The zero-order chi connectivity index (χ0) is 16.3. The van der Waals surface area contributed by atoms with E-state index in [0.717, 1.165) is 6.54 Å². The Kier molecular flexibility index (Phi) is 18.5. The van der Waals surface area contributed by atoms with Gasteiger partial charge in [-0.15, -0.1) is 0 Å². The molecule has 0 amide bonds. The lowest BCUT2D eigenvalue weighted by molar-refractivity contribution is 0.533. The van der Waals surface area contributed by atoms with Crippen LogP contribution in [0.25, 0.3) is 0 Å². The molecule has 22 heavy (non-hydrogen) atoms. The van der Waals surface area contributed by atoms with E-state index in [2.05, 4.69) is 19.9 Å². The number of unbranched alkanes of at least 4 members (excludes halogenated alkanes) is 15. The van der Waals surface area contributed by atoms with Gasteiger partial charge in [-0.25, -0.2) is 0 Å². The van der Waals surface area contributed by atoms with E-state index in [4.69, 9.17) is 5.73 Å². The molecule has 1 heteroatoms. The summed E-state index contributed by atoms with van der Waals surface area (Å²) in [5.74, 6) is 0. The SMILES string of the molecule is CCCCCCCCCCCCCCCCC/C=C(\C)CN. The summed E-state index contributed by atoms with van der Waals surface area (Å²) in [6.45, 7) is 5.14. The van der Waals surface area contributed by atoms with Gasteiger partial charge in [0.1, 0.15) is 0 Å². The molecule has 0 saturated heterocycles. The summed E-state index contributed by atoms with van der Waals surface area (Å²) < 4.78 is 0. The average molecular weight is 310 g/mol. The van der Waals surface area contributed by atoms with E-state index in [9.17, 15) is 0 Å². The van der Waals surface area contributed by atoms with Gasteiger partial charge in [0.05, 0.1) is 0 Å². The predicted octanol–water partition coefficient (Wildman–Crippen LogP) is 7.15. The normalized spacial score (nSPS) is 12.0. The standard InChI is InChI=1S/C21H43N/c1-3-4-5-6-7-8-9-10-11-12-13-14-15-16-17-18-19-21(2)20-22/h19H,3-18,20,22H2,1-2H3/b21-19+. The molecular formula is C21H43N. The molecule has 0 aliphatic heterocycles. The highest BCUT2D eigenvalue weighted by Gasteiger charge is 1.94. The van der Waals surface area contributed by atoms with Crippen LogP contribution in [0.5, 0.6) is 0 Å². The van der Waals surface area contributed by atoms with E-state index in [1.807, 2.05) is 0 Å². The molecule has 2 N–H and O–H groups in total. The first-order valence-corrected chi connectivity index (χ1v) is 10.2. The third-order valence-electron chi connectivity index (χ3n) is 4.62. The lowest BCUT2D eigenvalue weighted by Gasteiger charge is -2.03. The largest absolute Gasteiger partial charge is 0.327 e. The molecule has 0 saturated carbocycles. The second-order valence-electron chi connectivity index (χ2n) is 6.99. The van der Waals surface area contributed by atoms with Crippen LogP contribution in [0.2, 0.25) is 0 Å². The van der Waals surface area contributed by atoms with Gasteiger partial charge in [-0.2, -0.15) is 0 Å². The van der Waals surface area contributed by atoms with E-state index in [0.29, 0.717) is 0 Å². The zero-order valence-electron chi connectivity index (χ0n) is 15.7. The van der Waals surface area contributed by atoms with Crippen LogP contribution in [0.1, 0.15) is 117 Å². The van der Waals surface area contributed by atoms with Crippen LogP contribution in [-0.4, -0.2) is 6.54 Å². The predicted molar refractivity (Wildman–Crippen MR) is 102 cm³/mol. The first-order chi connectivity index (χ1) is 10.8. The molecule has 0 fully saturated rings. The Balaban J connectivity index is 3.03. The van der Waals surface area contributed by atoms with Crippen LogP contribution in [-0.2, 0) is 0 Å². The molecule has 0 atom stereocenters. The molecule has 1 nitrogen and oxygen atoms in total. The zero-order valence-corrected chi connectivity index (χ0v) is 15.7. The second kappa shape index (κ2) is 18.7. The molecule has 0 radical (unpaired) electrons. The van der Waals surface area contributed by atoms with Crippen molar-refractivity contribution in [1.29, 1.82) is 0 Å². The van der Waals surface area contributed by atoms with E-state index in [1.165, 1.54) is 108 Å². The fourth-order valence-electron chi connectivity index (χ4n) is 2.95. The van der Waals surface area contributed by atoms with Crippen molar-refractivity contribution in [2.24, 2.45) is 5.73 Å². The molecule has 0 aliphatic rings. The van der Waals surface area contributed by atoms with Gasteiger partial charge in [-0.1, -0.05) is 108 Å². The summed E-state index contributed by atoms with van der Waals surface area (Å²) >= 11 is 0. The molecule has 0 aromatic heterocycles. The first kappa shape index (κ1) is 21.7. The van der Waals surface area contributed by atoms with Crippen molar-refractivity contribution in [2.75, 3.05) is 6.54 Å². The van der Waals surface area contributed by atoms with Crippen LogP contribution in [0.4, 0.5) is 0 Å². The fraction of sp³-hybridized carbons (Fsp3) is 0.905. The van der Waals surface area contributed by atoms with E-state index < -0.39 is 0 Å². The number of hydrogen-bond donors (Lipinski definition) is 1. The number of rotatable bonds is 17. The fourth-order valence-corrected chi connectivity index (χ4v) is 2.95. The minimum Gasteiger partial charge on any atom is -0.327 e. The van der Waals surface area contributed by atoms with Crippen molar-refractivity contribution in [3.05, 3.63) is 11.6 Å². The van der Waals surface area contributed by atoms with Gasteiger partial charge in [0, 0.05) is 6.54 Å². The van der Waals surface area contributed by atoms with Gasteiger partial charge in [0.25, 0.3) is 0 Å². The Morgan fingerprint density at radius 1 is 0.636 bits per heavy atom. The molecule has 0 unspecified atom stereocenters. The monoisotopic (exact) mass is 309 g/mol. The van der Waals surface area contributed by atoms with Gasteiger partial charge < -0.3 is 5.73 Å². The van der Waals surface area contributed by atoms with Crippen LogP contribution < -0.4 is 5.73 Å². The highest BCUT2D eigenvalue weighted by molar-refractivity contribution is 4.98. The van der Waals surface area contributed by atoms with Gasteiger partial charge in [-0.3, -0.25) is 0 Å². The summed E-state index contributed by atoms with van der Waals surface area (Å²) in [5.41, 5.74) is 6.91. The molecular weight excluding hydrogens is 266 g/mol. The minimum absolute atomic E-state index is 0.721. The number of hydrogen-bond acceptors (Lipinski definition) is 1. The van der Waals surface area contributed by atoms with Crippen molar-refractivity contribution in [1.82, 2.24) is 0 Å². The van der Waals surface area contributed by atoms with E-state index in [-0.39, 0.29) is 0 Å². The van der Waals surface area contributed by atoms with Crippen molar-refractivity contribution >= 4 is 0 Å². The third kappa shape index (κ3) is 17.8. The van der Waals surface area contributed by atoms with Crippen molar-refractivity contribution in [3.8, 4) is 0 Å². The Hall–Kier alpha value is -0.300. The maximum atomic E-state index is 5.57. The smallest absolute Gasteiger partial charge is 0.0134 e. The summed E-state index contributed by atoms with van der Waals surface area (Å²) in [6, 6.07) is 0. The molecule has 0 spiro atoms. The van der Waals surface area contributed by atoms with Gasteiger partial charge in [0.2, 0.25) is 0 Å². The van der Waals surface area contributed by atoms with Crippen LogP contribution in [0.3, 0.4) is 0 Å². The van der Waals surface area contributed by atoms with Gasteiger partial charge >= 0.3 is 0 Å². The van der Waals surface area contributed by atoms with Crippen molar-refractivity contribution < 1.29 is 0 Å². The number of nitrogens with two attached hydrogens (primary N) is 1. The van der Waals surface area contributed by atoms with E-state index >= 15 is 0 Å². The maximum Gasteiger partial charge on any atom is 0.0134 e. The summed E-state index contributed by atoms with van der Waals surface area (Å²) in [4.78, 5) is 0. The average Bonchev–Trinajstić information content (AvgIpc) is 2.54. The quantitative estimate of drug-likeness (QED) is 0.224. The van der Waals surface area contributed by atoms with Gasteiger partial charge in [-0.05, 0) is 19.8 Å². The topological polar surface area (TPSA) is 26.0 Å². The van der Waals surface area contributed by atoms with E-state index in [1.54, 1.807) is 0 Å². The molecule has 0 aliphatic carbocycles. The highest BCUT2D eigenvalue weighted by Crippen LogP contribution is 2.13. The first-order valence-electron chi connectivity index (χ1n) is 10.2. The lowest BCUT2D eigenvalue weighted by Crippen LogP contribution is -1.99. The van der Waals surface area contributed by atoms with Crippen LogP contribution in [0, 0.1) is 0 Å². The van der Waals surface area contributed by atoms with Crippen molar-refractivity contribution in [3.63, 3.8) is 0 Å². The Bertz CT molecular complexity index is 232. The maximum absolute atomic E-state index is 5.57. The van der Waals surface area contributed by atoms with Crippen LogP contribution >= 0.6 is 0 Å². The molecule has 0 aromatic rings. The summed E-state index contributed by atoms with van der Waals surface area (Å²) in [7, 11) is 0. The Labute approximate surface area is 141 Å². The third-order valence-corrected chi connectivity index (χ3v) is 4.62. The molecule has 0 heterocycles. The Morgan fingerprint density at radius 2 is 1.00 bits per heavy atom. The lowest BCUT2D eigenvalue weighted by atomic mass is 10.0. The Morgan fingerprint density at radius 3 is 1.36 bits per heavy atom.